The minimum absolute atomic E-state index is 1.02. The minimum atomic E-state index is 1.02. The lowest BCUT2D eigenvalue weighted by Crippen LogP contribution is -1.84. The van der Waals surface area contributed by atoms with Gasteiger partial charge in [-0.25, -0.2) is 0 Å². The summed E-state index contributed by atoms with van der Waals surface area (Å²) in [6.07, 6.45) is 1.02. The maximum atomic E-state index is 2.37. The second kappa shape index (κ2) is 5.56. The van der Waals surface area contributed by atoms with Crippen molar-refractivity contribution in [3.8, 4) is 22.3 Å². The monoisotopic (exact) mass is 342 g/mol. The van der Waals surface area contributed by atoms with Crippen molar-refractivity contribution in [2.24, 2.45) is 0 Å². The molecule has 0 fully saturated rings. The molecule has 0 N–H and O–H groups in total. The predicted octanol–water partition coefficient (Wildman–Crippen LogP) is 7.23. The van der Waals surface area contributed by atoms with Crippen molar-refractivity contribution in [3.63, 3.8) is 0 Å². The maximum Gasteiger partial charge on any atom is -0.00130 e. The Balaban J connectivity index is 1.59. The highest BCUT2D eigenvalue weighted by molar-refractivity contribution is 6.07. The van der Waals surface area contributed by atoms with Gasteiger partial charge in [-0.1, -0.05) is 84.9 Å². The third kappa shape index (κ3) is 2.23. The molecule has 0 unspecified atom stereocenters. The average molecular weight is 342 g/mol. The molecule has 27 heavy (non-hydrogen) atoms. The first-order chi connectivity index (χ1) is 13.4. The Morgan fingerprint density at radius 1 is 0.481 bits per heavy atom. The summed E-state index contributed by atoms with van der Waals surface area (Å²) in [4.78, 5) is 0. The van der Waals surface area contributed by atoms with E-state index in [4.69, 9.17) is 0 Å². The van der Waals surface area contributed by atoms with Crippen LogP contribution in [0.15, 0.2) is 97.1 Å². The lowest BCUT2D eigenvalue weighted by molar-refractivity contribution is 1.27. The highest BCUT2D eigenvalue weighted by Crippen LogP contribution is 2.43. The zero-order chi connectivity index (χ0) is 17.8. The third-order valence-corrected chi connectivity index (χ3v) is 5.83. The highest BCUT2D eigenvalue weighted by Gasteiger charge is 2.21. The van der Waals surface area contributed by atoms with Gasteiger partial charge in [0.2, 0.25) is 0 Å². The van der Waals surface area contributed by atoms with Gasteiger partial charge in [0.15, 0.2) is 0 Å². The third-order valence-electron chi connectivity index (χ3n) is 5.83. The summed E-state index contributed by atoms with van der Waals surface area (Å²) in [5.41, 5.74) is 8.28. The van der Waals surface area contributed by atoms with Crippen LogP contribution >= 0.6 is 0 Å². The van der Waals surface area contributed by atoms with E-state index in [1.54, 1.807) is 0 Å². The van der Waals surface area contributed by atoms with Crippen molar-refractivity contribution in [1.29, 1.82) is 0 Å². The van der Waals surface area contributed by atoms with E-state index in [2.05, 4.69) is 97.1 Å². The summed E-state index contributed by atoms with van der Waals surface area (Å²) < 4.78 is 0. The highest BCUT2D eigenvalue weighted by atomic mass is 14.2. The van der Waals surface area contributed by atoms with Gasteiger partial charge in [-0.05, 0) is 73.5 Å². The largest absolute Gasteiger partial charge is 0.0622 e. The van der Waals surface area contributed by atoms with Gasteiger partial charge in [-0.3, -0.25) is 0 Å². The number of hydrogen-bond acceptors (Lipinski definition) is 0. The topological polar surface area (TPSA) is 0 Å². The van der Waals surface area contributed by atoms with Crippen LogP contribution in [0, 0.1) is 0 Å². The summed E-state index contributed by atoms with van der Waals surface area (Å²) in [5.74, 6) is 0. The van der Waals surface area contributed by atoms with Crippen LogP contribution in [-0.2, 0) is 6.42 Å². The van der Waals surface area contributed by atoms with Crippen LogP contribution in [-0.4, -0.2) is 0 Å². The average Bonchev–Trinajstić information content (AvgIpc) is 3.11. The molecule has 0 heterocycles. The molecule has 0 atom stereocenters. The molecule has 126 valence electrons. The Bertz CT molecular complexity index is 1330. The van der Waals surface area contributed by atoms with Crippen molar-refractivity contribution >= 4 is 21.5 Å². The maximum absolute atomic E-state index is 2.37. The van der Waals surface area contributed by atoms with Crippen LogP contribution in [0.3, 0.4) is 0 Å². The number of fused-ring (bicyclic) bond motifs is 6. The van der Waals surface area contributed by atoms with Crippen molar-refractivity contribution in [1.82, 2.24) is 0 Å². The fraction of sp³-hybridized carbons (Fsp3) is 0.0370. The lowest BCUT2D eigenvalue weighted by Gasteiger charge is -2.10. The molecule has 0 aliphatic heterocycles. The number of rotatable bonds is 1. The summed E-state index contributed by atoms with van der Waals surface area (Å²) in [6, 6.07) is 35.5. The van der Waals surface area contributed by atoms with Gasteiger partial charge in [-0.2, -0.15) is 0 Å². The minimum Gasteiger partial charge on any atom is -0.0622 e. The van der Waals surface area contributed by atoms with Gasteiger partial charge in [0.25, 0.3) is 0 Å². The van der Waals surface area contributed by atoms with E-state index < -0.39 is 0 Å². The van der Waals surface area contributed by atoms with Gasteiger partial charge in [0.1, 0.15) is 0 Å². The molecule has 0 saturated carbocycles. The molecule has 0 radical (unpaired) electrons. The summed E-state index contributed by atoms with van der Waals surface area (Å²) in [7, 11) is 0. The van der Waals surface area contributed by atoms with Gasteiger partial charge < -0.3 is 0 Å². The predicted molar refractivity (Wildman–Crippen MR) is 115 cm³/mol. The molecule has 0 heteroatoms. The quantitative estimate of drug-likeness (QED) is 0.276. The van der Waals surface area contributed by atoms with Crippen LogP contribution in [0.2, 0.25) is 0 Å². The summed E-state index contributed by atoms with van der Waals surface area (Å²) >= 11 is 0. The van der Waals surface area contributed by atoms with Gasteiger partial charge in [0.05, 0.1) is 0 Å². The summed E-state index contributed by atoms with van der Waals surface area (Å²) in [5, 5.41) is 5.32. The number of benzene rings is 5. The van der Waals surface area contributed by atoms with E-state index in [1.807, 2.05) is 0 Å². The molecule has 0 nitrogen and oxygen atoms in total. The van der Waals surface area contributed by atoms with E-state index in [0.29, 0.717) is 0 Å². The zero-order valence-electron chi connectivity index (χ0n) is 14.9. The smallest absolute Gasteiger partial charge is 0.00130 e. The molecule has 0 aromatic heterocycles. The molecular formula is C27H18. The van der Waals surface area contributed by atoms with Gasteiger partial charge >= 0.3 is 0 Å². The molecule has 0 bridgehead atoms. The Hall–Kier alpha value is -3.38. The molecular weight excluding hydrogens is 324 g/mol. The van der Waals surface area contributed by atoms with Crippen molar-refractivity contribution < 1.29 is 0 Å². The van der Waals surface area contributed by atoms with E-state index >= 15 is 0 Å². The number of hydrogen-bond donors (Lipinski definition) is 0. The first-order valence-electron chi connectivity index (χ1n) is 9.50. The fourth-order valence-corrected chi connectivity index (χ4v) is 4.52. The van der Waals surface area contributed by atoms with Gasteiger partial charge in [0, 0.05) is 0 Å². The molecule has 1 aliphatic rings. The Morgan fingerprint density at radius 3 is 2.11 bits per heavy atom. The van der Waals surface area contributed by atoms with Crippen molar-refractivity contribution in [3.05, 3.63) is 108 Å². The van der Waals surface area contributed by atoms with E-state index in [-0.39, 0.29) is 0 Å². The molecule has 5 aromatic carbocycles. The van der Waals surface area contributed by atoms with Crippen LogP contribution in [0.25, 0.3) is 43.8 Å². The van der Waals surface area contributed by atoms with E-state index in [1.165, 1.54) is 54.9 Å². The van der Waals surface area contributed by atoms with Gasteiger partial charge in [-0.15, -0.1) is 0 Å². The Morgan fingerprint density at radius 2 is 1.26 bits per heavy atom. The lowest BCUT2D eigenvalue weighted by atomic mass is 9.94. The Kier molecular flexibility index (Phi) is 3.04. The molecule has 0 amide bonds. The zero-order valence-corrected chi connectivity index (χ0v) is 14.9. The second-order valence-corrected chi connectivity index (χ2v) is 7.43. The van der Waals surface area contributed by atoms with Crippen molar-refractivity contribution in [2.75, 3.05) is 0 Å². The molecule has 6 rings (SSSR count). The van der Waals surface area contributed by atoms with E-state index in [9.17, 15) is 0 Å². The van der Waals surface area contributed by atoms with Crippen LogP contribution in [0.5, 0.6) is 0 Å². The first kappa shape index (κ1) is 14.8. The SMILES string of the molecule is c1ccc(-c2ccc3c(c2)Cc2ccc4cc5ccccc5cc4c2-3)cc1. The standard InChI is InChI=1S/C27H18/c1-2-6-18(7-3-1)21-12-13-25-24(15-21)16-23-11-10-22-14-19-8-4-5-9-20(19)17-26(22)27(23)25/h1-15,17H,16H2. The first-order valence-corrected chi connectivity index (χ1v) is 9.50. The van der Waals surface area contributed by atoms with Crippen molar-refractivity contribution in [2.45, 2.75) is 6.42 Å². The second-order valence-electron chi connectivity index (χ2n) is 7.43. The molecule has 0 spiro atoms. The molecule has 1 aliphatic carbocycles. The van der Waals surface area contributed by atoms with Crippen LogP contribution in [0.1, 0.15) is 11.1 Å². The Labute approximate surface area is 158 Å². The molecule has 0 saturated heterocycles. The summed E-state index contributed by atoms with van der Waals surface area (Å²) in [6.45, 7) is 0. The van der Waals surface area contributed by atoms with Crippen LogP contribution < -0.4 is 0 Å². The normalized spacial score (nSPS) is 12.3. The molecule has 5 aromatic rings. The fourth-order valence-electron chi connectivity index (χ4n) is 4.52. The van der Waals surface area contributed by atoms with E-state index in [0.717, 1.165) is 6.42 Å². The van der Waals surface area contributed by atoms with Crippen LogP contribution in [0.4, 0.5) is 0 Å².